The van der Waals surface area contributed by atoms with Gasteiger partial charge in [-0.25, -0.2) is 0 Å². The molecular weight excluding hydrogens is 154 g/mol. The van der Waals surface area contributed by atoms with Crippen LogP contribution in [0.5, 0.6) is 0 Å². The van der Waals surface area contributed by atoms with Gasteiger partial charge in [-0.1, -0.05) is 20.8 Å². The van der Waals surface area contributed by atoms with Crippen molar-refractivity contribution >= 4 is 18.5 Å². The van der Waals surface area contributed by atoms with Gasteiger partial charge in [0.25, 0.3) is 0 Å². The molecule has 0 heterocycles. The van der Waals surface area contributed by atoms with Crippen LogP contribution in [0.4, 0.5) is 0 Å². The molecule has 0 unspecified atom stereocenters. The highest BCUT2D eigenvalue weighted by molar-refractivity contribution is 8.03. The van der Waals surface area contributed by atoms with Crippen molar-refractivity contribution in [1.29, 1.82) is 0 Å². The average molecular weight is 173 g/mol. The average Bonchev–Trinajstić information content (AvgIpc) is 2.03. The van der Waals surface area contributed by atoms with Gasteiger partial charge in [-0.05, 0) is 31.9 Å². The van der Waals surface area contributed by atoms with Crippen LogP contribution in [0.25, 0.3) is 0 Å². The van der Waals surface area contributed by atoms with E-state index in [4.69, 9.17) is 0 Å². The van der Waals surface area contributed by atoms with Crippen LogP contribution in [0.15, 0.2) is 15.6 Å². The van der Waals surface area contributed by atoms with E-state index in [1.807, 2.05) is 27.7 Å². The standard InChI is InChI=1S/C7H13NS.C2H6/c1-5-9-7(8-4)6(2)3;1-2/h4-5H2,1-3H3;1-2H3. The van der Waals surface area contributed by atoms with Crippen LogP contribution in [0.3, 0.4) is 0 Å². The van der Waals surface area contributed by atoms with E-state index in [1.165, 1.54) is 5.57 Å². The van der Waals surface area contributed by atoms with Crippen molar-refractivity contribution in [3.63, 3.8) is 0 Å². The second kappa shape index (κ2) is 9.76. The molecule has 0 saturated carbocycles. The molecule has 0 aromatic carbocycles. The van der Waals surface area contributed by atoms with Crippen LogP contribution in [0.2, 0.25) is 0 Å². The number of nitrogens with zero attached hydrogens (tertiary/aromatic N) is 1. The van der Waals surface area contributed by atoms with Gasteiger partial charge in [-0.15, -0.1) is 11.8 Å². The first-order valence-electron chi connectivity index (χ1n) is 3.99. The quantitative estimate of drug-likeness (QED) is 0.592. The summed E-state index contributed by atoms with van der Waals surface area (Å²) < 4.78 is 0. The fourth-order valence-corrected chi connectivity index (χ4v) is 1.14. The Morgan fingerprint density at radius 3 is 1.91 bits per heavy atom. The van der Waals surface area contributed by atoms with E-state index in [1.54, 1.807) is 11.8 Å². The van der Waals surface area contributed by atoms with Crippen molar-refractivity contribution in [2.24, 2.45) is 4.99 Å². The highest BCUT2D eigenvalue weighted by Gasteiger charge is 1.92. The van der Waals surface area contributed by atoms with Gasteiger partial charge in [0.15, 0.2) is 0 Å². The number of hydrogen-bond acceptors (Lipinski definition) is 2. The molecule has 0 radical (unpaired) electrons. The van der Waals surface area contributed by atoms with Gasteiger partial charge in [-0.2, -0.15) is 0 Å². The van der Waals surface area contributed by atoms with Crippen LogP contribution in [0, 0.1) is 0 Å². The van der Waals surface area contributed by atoms with E-state index in [-0.39, 0.29) is 0 Å². The molecule has 1 nitrogen and oxygen atoms in total. The molecule has 0 aliphatic heterocycles. The van der Waals surface area contributed by atoms with Gasteiger partial charge in [0, 0.05) is 0 Å². The lowest BCUT2D eigenvalue weighted by Crippen LogP contribution is -1.75. The maximum Gasteiger partial charge on any atom is 0.0938 e. The Morgan fingerprint density at radius 1 is 1.36 bits per heavy atom. The van der Waals surface area contributed by atoms with Crippen LogP contribution in [0.1, 0.15) is 34.6 Å². The predicted molar refractivity (Wildman–Crippen MR) is 57.4 cm³/mol. The number of rotatable bonds is 3. The third-order valence-corrected chi connectivity index (χ3v) is 1.95. The molecule has 0 atom stereocenters. The van der Waals surface area contributed by atoms with Crippen molar-refractivity contribution in [3.05, 3.63) is 10.6 Å². The lowest BCUT2D eigenvalue weighted by molar-refractivity contribution is 1.31. The number of hydrogen-bond donors (Lipinski definition) is 0. The Labute approximate surface area is 75.0 Å². The summed E-state index contributed by atoms with van der Waals surface area (Å²) in [5, 5.41) is 1.07. The molecule has 0 rings (SSSR count). The fourth-order valence-electron chi connectivity index (χ4n) is 0.485. The Morgan fingerprint density at radius 2 is 1.82 bits per heavy atom. The van der Waals surface area contributed by atoms with Crippen molar-refractivity contribution in [3.8, 4) is 0 Å². The molecule has 0 amide bonds. The fraction of sp³-hybridized carbons (Fsp3) is 0.667. The molecule has 0 aliphatic carbocycles. The van der Waals surface area contributed by atoms with Crippen molar-refractivity contribution in [2.45, 2.75) is 34.6 Å². The minimum atomic E-state index is 1.07. The van der Waals surface area contributed by atoms with Crippen LogP contribution in [-0.2, 0) is 0 Å². The lowest BCUT2D eigenvalue weighted by Gasteiger charge is -1.98. The number of thioether (sulfide) groups is 1. The van der Waals surface area contributed by atoms with E-state index >= 15 is 0 Å². The summed E-state index contributed by atoms with van der Waals surface area (Å²) in [5.41, 5.74) is 1.25. The maximum atomic E-state index is 3.87. The molecule has 0 fully saturated rings. The van der Waals surface area contributed by atoms with Gasteiger partial charge >= 0.3 is 0 Å². The summed E-state index contributed by atoms with van der Waals surface area (Å²) in [6, 6.07) is 0. The highest BCUT2D eigenvalue weighted by atomic mass is 32.2. The van der Waals surface area contributed by atoms with Crippen LogP contribution < -0.4 is 0 Å². The zero-order valence-corrected chi connectivity index (χ0v) is 9.09. The number of allylic oxidation sites excluding steroid dienone is 1. The summed E-state index contributed by atoms with van der Waals surface area (Å²) in [6.45, 7) is 13.7. The minimum Gasteiger partial charge on any atom is -0.258 e. The predicted octanol–water partition coefficient (Wildman–Crippen LogP) is 3.72. The van der Waals surface area contributed by atoms with E-state index < -0.39 is 0 Å². The summed E-state index contributed by atoms with van der Waals surface area (Å²) >= 11 is 1.73. The Balaban J connectivity index is 0. The molecule has 0 aliphatic rings. The Bertz CT molecular complexity index is 124. The van der Waals surface area contributed by atoms with E-state index in [2.05, 4.69) is 18.6 Å². The first-order chi connectivity index (χ1) is 5.22. The van der Waals surface area contributed by atoms with Gasteiger partial charge < -0.3 is 0 Å². The third kappa shape index (κ3) is 7.66. The smallest absolute Gasteiger partial charge is 0.0938 e. The third-order valence-electron chi connectivity index (χ3n) is 0.852. The first kappa shape index (κ1) is 13.4. The van der Waals surface area contributed by atoms with E-state index in [0.29, 0.717) is 0 Å². The molecule has 0 N–H and O–H groups in total. The molecule has 0 saturated heterocycles. The van der Waals surface area contributed by atoms with E-state index in [0.717, 1.165) is 10.8 Å². The van der Waals surface area contributed by atoms with Crippen molar-refractivity contribution < 1.29 is 0 Å². The zero-order chi connectivity index (χ0) is 9.28. The molecule has 2 heteroatoms. The van der Waals surface area contributed by atoms with Gasteiger partial charge in [0.2, 0.25) is 0 Å². The summed E-state index contributed by atoms with van der Waals surface area (Å²) in [7, 11) is 0. The first-order valence-corrected chi connectivity index (χ1v) is 4.98. The van der Waals surface area contributed by atoms with Crippen molar-refractivity contribution in [1.82, 2.24) is 0 Å². The van der Waals surface area contributed by atoms with Gasteiger partial charge in [0.1, 0.15) is 0 Å². The second-order valence-corrected chi connectivity index (χ2v) is 3.15. The molecule has 0 bridgehead atoms. The highest BCUT2D eigenvalue weighted by Crippen LogP contribution is 2.19. The lowest BCUT2D eigenvalue weighted by atomic mass is 10.4. The van der Waals surface area contributed by atoms with E-state index in [9.17, 15) is 0 Å². The van der Waals surface area contributed by atoms with Crippen molar-refractivity contribution in [2.75, 3.05) is 5.75 Å². The summed E-state index contributed by atoms with van der Waals surface area (Å²) in [4.78, 5) is 3.87. The molecule has 66 valence electrons. The topological polar surface area (TPSA) is 12.4 Å². The monoisotopic (exact) mass is 173 g/mol. The molecule has 0 aromatic rings. The second-order valence-electron chi connectivity index (χ2n) is 1.90. The molecule has 11 heavy (non-hydrogen) atoms. The minimum absolute atomic E-state index is 1.07. The largest absolute Gasteiger partial charge is 0.258 e. The molecular formula is C9H19NS. The normalized spacial score (nSPS) is 7.73. The zero-order valence-electron chi connectivity index (χ0n) is 8.27. The van der Waals surface area contributed by atoms with Crippen LogP contribution >= 0.6 is 11.8 Å². The summed E-state index contributed by atoms with van der Waals surface area (Å²) in [5.74, 6) is 1.07. The SMILES string of the molecule is C=NC(SCC)=C(C)C.CC. The van der Waals surface area contributed by atoms with Gasteiger partial charge in [-0.3, -0.25) is 4.99 Å². The number of aliphatic imine (C=N–C) groups is 1. The summed E-state index contributed by atoms with van der Waals surface area (Å²) in [6.07, 6.45) is 0. The van der Waals surface area contributed by atoms with Gasteiger partial charge in [0.05, 0.1) is 5.03 Å². The van der Waals surface area contributed by atoms with Crippen LogP contribution in [-0.4, -0.2) is 12.5 Å². The molecule has 0 spiro atoms. The molecule has 0 aromatic heterocycles. The Kier molecular flexibility index (Phi) is 11.9. The Hall–Kier alpha value is -0.240. The maximum absolute atomic E-state index is 3.87.